The zero-order valence-corrected chi connectivity index (χ0v) is 11.3. The number of esters is 1. The molecule has 0 saturated heterocycles. The summed E-state index contributed by atoms with van der Waals surface area (Å²) in [4.78, 5) is 33.3. The van der Waals surface area contributed by atoms with Gasteiger partial charge in [0.2, 0.25) is 5.91 Å². The predicted octanol–water partition coefficient (Wildman–Crippen LogP) is 0.578. The number of ether oxygens (including phenoxy) is 1. The number of rotatable bonds is 6. The van der Waals surface area contributed by atoms with Crippen molar-refractivity contribution in [3.63, 3.8) is 0 Å². The van der Waals surface area contributed by atoms with Crippen molar-refractivity contribution < 1.29 is 24.2 Å². The van der Waals surface area contributed by atoms with Gasteiger partial charge in [-0.15, -0.1) is 0 Å². The SMILES string of the molecule is COC(=O)c1ccc(NC(=O)CC[C@@H](C)C(=O)[O-])cc1. The van der Waals surface area contributed by atoms with Crippen LogP contribution in [0.2, 0.25) is 0 Å². The monoisotopic (exact) mass is 278 g/mol. The Morgan fingerprint density at radius 2 is 1.85 bits per heavy atom. The number of carboxylic acid groups (broad SMARTS) is 1. The third-order valence-corrected chi connectivity index (χ3v) is 2.80. The number of benzene rings is 1. The number of methoxy groups -OCH3 is 1. The van der Waals surface area contributed by atoms with E-state index in [1.165, 1.54) is 26.2 Å². The molecule has 0 bridgehead atoms. The highest BCUT2D eigenvalue weighted by molar-refractivity contribution is 5.93. The summed E-state index contributed by atoms with van der Waals surface area (Å²) in [6.45, 7) is 1.49. The molecule has 0 spiro atoms. The first-order chi connectivity index (χ1) is 9.43. The van der Waals surface area contributed by atoms with Gasteiger partial charge in [-0.1, -0.05) is 6.92 Å². The summed E-state index contributed by atoms with van der Waals surface area (Å²) in [7, 11) is 1.29. The quantitative estimate of drug-likeness (QED) is 0.768. The standard InChI is InChI=1S/C14H17NO5/c1-9(13(17)18)3-8-12(16)15-11-6-4-10(5-7-11)14(19)20-2/h4-7,9H,3,8H2,1-2H3,(H,15,16)(H,17,18)/p-1/t9-/m1/s1. The molecule has 20 heavy (non-hydrogen) atoms. The first-order valence-electron chi connectivity index (χ1n) is 6.13. The van der Waals surface area contributed by atoms with Crippen molar-refractivity contribution in [2.45, 2.75) is 19.8 Å². The molecule has 1 N–H and O–H groups in total. The number of hydrogen-bond acceptors (Lipinski definition) is 5. The highest BCUT2D eigenvalue weighted by Gasteiger charge is 2.09. The van der Waals surface area contributed by atoms with E-state index < -0.39 is 17.9 Å². The van der Waals surface area contributed by atoms with Crippen LogP contribution in [-0.2, 0) is 14.3 Å². The number of carbonyl (C=O) groups excluding carboxylic acids is 3. The summed E-state index contributed by atoms with van der Waals surface area (Å²) < 4.78 is 4.56. The van der Waals surface area contributed by atoms with Crippen LogP contribution in [0, 0.1) is 5.92 Å². The molecule has 6 nitrogen and oxygen atoms in total. The minimum atomic E-state index is -1.17. The van der Waals surface area contributed by atoms with Crippen LogP contribution in [0.5, 0.6) is 0 Å². The molecule has 0 aliphatic carbocycles. The fraction of sp³-hybridized carbons (Fsp3) is 0.357. The summed E-state index contributed by atoms with van der Waals surface area (Å²) in [5.41, 5.74) is 0.917. The first kappa shape index (κ1) is 15.7. The van der Waals surface area contributed by atoms with Crippen molar-refractivity contribution in [2.75, 3.05) is 12.4 Å². The van der Waals surface area contributed by atoms with Gasteiger partial charge >= 0.3 is 5.97 Å². The molecule has 0 radical (unpaired) electrons. The van der Waals surface area contributed by atoms with E-state index in [1.54, 1.807) is 12.1 Å². The molecule has 0 fully saturated rings. The van der Waals surface area contributed by atoms with Gasteiger partial charge in [0.25, 0.3) is 0 Å². The average Bonchev–Trinajstić information content (AvgIpc) is 2.44. The molecular formula is C14H16NO5-. The van der Waals surface area contributed by atoms with Crippen molar-refractivity contribution in [2.24, 2.45) is 5.92 Å². The molecule has 6 heteroatoms. The maximum absolute atomic E-state index is 11.6. The lowest BCUT2D eigenvalue weighted by Gasteiger charge is -2.12. The third-order valence-electron chi connectivity index (χ3n) is 2.80. The Morgan fingerprint density at radius 3 is 2.35 bits per heavy atom. The number of anilines is 1. The smallest absolute Gasteiger partial charge is 0.337 e. The van der Waals surface area contributed by atoms with Crippen molar-refractivity contribution >= 4 is 23.5 Å². The van der Waals surface area contributed by atoms with Crippen molar-refractivity contribution in [3.8, 4) is 0 Å². The van der Waals surface area contributed by atoms with E-state index in [9.17, 15) is 19.5 Å². The normalized spacial score (nSPS) is 11.5. The Kier molecular flexibility index (Phi) is 5.71. The number of hydrogen-bond donors (Lipinski definition) is 1. The molecule has 0 aliphatic rings. The Hall–Kier alpha value is -2.37. The number of carbonyl (C=O) groups is 3. The topological polar surface area (TPSA) is 95.5 Å². The Bertz CT molecular complexity index is 495. The van der Waals surface area contributed by atoms with Crippen LogP contribution in [-0.4, -0.2) is 25.0 Å². The van der Waals surface area contributed by atoms with Gasteiger partial charge in [-0.25, -0.2) is 4.79 Å². The van der Waals surface area contributed by atoms with Crippen molar-refractivity contribution in [1.82, 2.24) is 0 Å². The highest BCUT2D eigenvalue weighted by Crippen LogP contribution is 2.12. The fourth-order valence-corrected chi connectivity index (χ4v) is 1.50. The maximum atomic E-state index is 11.6. The van der Waals surface area contributed by atoms with E-state index in [2.05, 4.69) is 10.1 Å². The lowest BCUT2D eigenvalue weighted by molar-refractivity contribution is -0.311. The summed E-state index contributed by atoms with van der Waals surface area (Å²) in [5.74, 6) is -2.57. The predicted molar refractivity (Wildman–Crippen MR) is 69.8 cm³/mol. The minimum Gasteiger partial charge on any atom is -0.550 e. The molecule has 1 aromatic rings. The highest BCUT2D eigenvalue weighted by atomic mass is 16.5. The molecule has 108 valence electrons. The van der Waals surface area contributed by atoms with Gasteiger partial charge in [-0.3, -0.25) is 4.79 Å². The zero-order chi connectivity index (χ0) is 15.1. The molecule has 1 amide bonds. The van der Waals surface area contributed by atoms with Gasteiger partial charge in [-0.2, -0.15) is 0 Å². The second-order valence-electron chi connectivity index (χ2n) is 4.38. The fourth-order valence-electron chi connectivity index (χ4n) is 1.50. The third kappa shape index (κ3) is 4.72. The largest absolute Gasteiger partial charge is 0.550 e. The van der Waals surface area contributed by atoms with E-state index in [0.29, 0.717) is 11.3 Å². The number of amides is 1. The van der Waals surface area contributed by atoms with E-state index in [-0.39, 0.29) is 18.7 Å². The van der Waals surface area contributed by atoms with Gasteiger partial charge in [0.05, 0.1) is 12.7 Å². The van der Waals surface area contributed by atoms with E-state index in [0.717, 1.165) is 0 Å². The summed E-state index contributed by atoms with van der Waals surface area (Å²) in [6.07, 6.45) is 0.308. The second kappa shape index (κ2) is 7.28. The van der Waals surface area contributed by atoms with Gasteiger partial charge in [0, 0.05) is 18.1 Å². The Labute approximate surface area is 116 Å². The molecule has 0 saturated carbocycles. The molecule has 0 heterocycles. The van der Waals surface area contributed by atoms with Crippen LogP contribution >= 0.6 is 0 Å². The van der Waals surface area contributed by atoms with Crippen molar-refractivity contribution in [3.05, 3.63) is 29.8 Å². The molecule has 0 unspecified atom stereocenters. The zero-order valence-electron chi connectivity index (χ0n) is 11.3. The van der Waals surface area contributed by atoms with Crippen LogP contribution in [0.25, 0.3) is 0 Å². The average molecular weight is 278 g/mol. The van der Waals surface area contributed by atoms with Crippen LogP contribution in [0.3, 0.4) is 0 Å². The summed E-state index contributed by atoms with van der Waals surface area (Å²) in [5, 5.41) is 13.1. The minimum absolute atomic E-state index is 0.0912. The van der Waals surface area contributed by atoms with Gasteiger partial charge in [-0.05, 0) is 36.6 Å². The lowest BCUT2D eigenvalue weighted by Crippen LogP contribution is -2.30. The molecule has 1 atom stereocenters. The van der Waals surface area contributed by atoms with E-state index in [1.807, 2.05) is 0 Å². The molecule has 0 aromatic heterocycles. The Morgan fingerprint density at radius 1 is 1.25 bits per heavy atom. The Balaban J connectivity index is 2.50. The summed E-state index contributed by atoms with van der Waals surface area (Å²) >= 11 is 0. The molecule has 0 aliphatic heterocycles. The first-order valence-corrected chi connectivity index (χ1v) is 6.13. The number of nitrogens with one attached hydrogen (secondary N) is 1. The second-order valence-corrected chi connectivity index (χ2v) is 4.38. The lowest BCUT2D eigenvalue weighted by atomic mass is 10.1. The number of carboxylic acids is 1. The van der Waals surface area contributed by atoms with Crippen molar-refractivity contribution in [1.29, 1.82) is 0 Å². The van der Waals surface area contributed by atoms with Gasteiger partial charge in [0.1, 0.15) is 0 Å². The molecule has 1 rings (SSSR count). The number of aliphatic carboxylic acids is 1. The van der Waals surface area contributed by atoms with Crippen LogP contribution in [0.15, 0.2) is 24.3 Å². The van der Waals surface area contributed by atoms with Gasteiger partial charge < -0.3 is 20.0 Å². The van der Waals surface area contributed by atoms with Crippen LogP contribution < -0.4 is 10.4 Å². The van der Waals surface area contributed by atoms with E-state index in [4.69, 9.17) is 0 Å². The maximum Gasteiger partial charge on any atom is 0.337 e. The molecule has 1 aromatic carbocycles. The van der Waals surface area contributed by atoms with Crippen LogP contribution in [0.1, 0.15) is 30.1 Å². The van der Waals surface area contributed by atoms with Crippen LogP contribution in [0.4, 0.5) is 5.69 Å². The molecular weight excluding hydrogens is 262 g/mol. The van der Waals surface area contributed by atoms with Gasteiger partial charge in [0.15, 0.2) is 0 Å². The summed E-state index contributed by atoms with van der Waals surface area (Å²) in [6, 6.07) is 6.22. The van der Waals surface area contributed by atoms with E-state index >= 15 is 0 Å².